The van der Waals surface area contributed by atoms with Crippen molar-refractivity contribution in [3.05, 3.63) is 58.7 Å². The molecular weight excluding hydrogens is 402 g/mol. The number of nitrogens with one attached hydrogen (secondary N) is 1. The molecule has 1 saturated heterocycles. The van der Waals surface area contributed by atoms with E-state index in [1.807, 2.05) is 41.3 Å². The van der Waals surface area contributed by atoms with Crippen LogP contribution in [0.3, 0.4) is 0 Å². The Morgan fingerprint density at radius 3 is 2.57 bits per heavy atom. The van der Waals surface area contributed by atoms with Crippen LogP contribution in [0.4, 0.5) is 5.82 Å². The third-order valence-electron chi connectivity index (χ3n) is 6.06. The van der Waals surface area contributed by atoms with Gasteiger partial charge in [0.05, 0.1) is 18.8 Å². The summed E-state index contributed by atoms with van der Waals surface area (Å²) in [5.41, 5.74) is 1.76. The molecule has 6 nitrogen and oxygen atoms in total. The minimum Gasteiger partial charge on any atom is -0.372 e. The summed E-state index contributed by atoms with van der Waals surface area (Å²) in [4.78, 5) is 19.9. The number of carbonyl (C=O) groups excluding carboxylic acids is 1. The second-order valence-corrected chi connectivity index (χ2v) is 8.30. The fourth-order valence-electron chi connectivity index (χ4n) is 4.42. The summed E-state index contributed by atoms with van der Waals surface area (Å²) >= 11 is 6.02. The van der Waals surface area contributed by atoms with E-state index in [0.29, 0.717) is 31.1 Å². The standard InChI is InChI=1S/C23H28ClN3O3/c1-25-21-20(3-2-13-26-21)22(28)27(14-10-17-4-6-18(24)7-5-17)19-8-11-23(12-9-19)29-15-16-30-23/h2-7,13,19H,8-12,14-16H2,1H3,(H,25,26). The van der Waals surface area contributed by atoms with Crippen LogP contribution in [0.5, 0.6) is 0 Å². The van der Waals surface area contributed by atoms with Crippen LogP contribution in [0, 0.1) is 0 Å². The van der Waals surface area contributed by atoms with Gasteiger partial charge in [-0.1, -0.05) is 23.7 Å². The molecule has 1 aromatic heterocycles. The van der Waals surface area contributed by atoms with Gasteiger partial charge in [-0.25, -0.2) is 4.98 Å². The molecule has 0 unspecified atom stereocenters. The quantitative estimate of drug-likeness (QED) is 0.747. The Hall–Kier alpha value is -2.15. The molecule has 2 heterocycles. The van der Waals surface area contributed by atoms with E-state index in [1.54, 1.807) is 13.2 Å². The first-order valence-electron chi connectivity index (χ1n) is 10.6. The molecule has 0 radical (unpaired) electrons. The summed E-state index contributed by atoms with van der Waals surface area (Å²) in [5, 5.41) is 3.76. The van der Waals surface area contributed by atoms with Crippen molar-refractivity contribution in [2.75, 3.05) is 32.1 Å². The molecule has 2 fully saturated rings. The number of ether oxygens (including phenoxy) is 2. The average Bonchev–Trinajstić information content (AvgIpc) is 3.24. The second-order valence-electron chi connectivity index (χ2n) is 7.86. The van der Waals surface area contributed by atoms with Crippen molar-refractivity contribution in [2.45, 2.75) is 43.9 Å². The maximum atomic E-state index is 13.6. The second kappa shape index (κ2) is 9.33. The molecule has 1 amide bonds. The van der Waals surface area contributed by atoms with Crippen molar-refractivity contribution < 1.29 is 14.3 Å². The molecule has 1 saturated carbocycles. The van der Waals surface area contributed by atoms with Gasteiger partial charge >= 0.3 is 0 Å². The summed E-state index contributed by atoms with van der Waals surface area (Å²) in [5.74, 6) is 0.176. The third kappa shape index (κ3) is 4.61. The van der Waals surface area contributed by atoms with Gasteiger partial charge in [0.2, 0.25) is 0 Å². The van der Waals surface area contributed by atoms with E-state index < -0.39 is 5.79 Å². The lowest BCUT2D eigenvalue weighted by atomic mass is 9.88. The lowest BCUT2D eigenvalue weighted by molar-refractivity contribution is -0.182. The Kier molecular flexibility index (Phi) is 6.56. The fourth-order valence-corrected chi connectivity index (χ4v) is 4.55. The molecule has 1 spiro atoms. The van der Waals surface area contributed by atoms with E-state index in [1.165, 1.54) is 0 Å². The number of halogens is 1. The zero-order valence-corrected chi connectivity index (χ0v) is 18.0. The number of rotatable bonds is 6. The van der Waals surface area contributed by atoms with Crippen molar-refractivity contribution in [3.63, 3.8) is 0 Å². The van der Waals surface area contributed by atoms with Gasteiger partial charge in [-0.2, -0.15) is 0 Å². The number of benzene rings is 1. The number of carbonyl (C=O) groups is 1. The first-order valence-corrected chi connectivity index (χ1v) is 10.9. The van der Waals surface area contributed by atoms with Crippen molar-refractivity contribution in [3.8, 4) is 0 Å². The molecule has 160 valence electrons. The van der Waals surface area contributed by atoms with Gasteiger partial charge in [-0.15, -0.1) is 0 Å². The van der Waals surface area contributed by atoms with Crippen LogP contribution >= 0.6 is 11.6 Å². The average molecular weight is 430 g/mol. The number of aromatic nitrogens is 1. The molecule has 2 aliphatic rings. The molecule has 1 N–H and O–H groups in total. The first kappa shape index (κ1) is 21.1. The predicted molar refractivity (Wildman–Crippen MR) is 117 cm³/mol. The monoisotopic (exact) mass is 429 g/mol. The van der Waals surface area contributed by atoms with Crippen LogP contribution in [-0.4, -0.2) is 54.4 Å². The molecule has 1 aromatic carbocycles. The topological polar surface area (TPSA) is 63.7 Å². The Balaban J connectivity index is 1.52. The van der Waals surface area contributed by atoms with Gasteiger partial charge in [-0.05, 0) is 49.1 Å². The van der Waals surface area contributed by atoms with E-state index >= 15 is 0 Å². The molecular formula is C23H28ClN3O3. The summed E-state index contributed by atoms with van der Waals surface area (Å²) < 4.78 is 11.7. The fraction of sp³-hybridized carbons (Fsp3) is 0.478. The van der Waals surface area contributed by atoms with Gasteiger partial charge < -0.3 is 19.7 Å². The van der Waals surface area contributed by atoms with Gasteiger partial charge in [0.1, 0.15) is 5.82 Å². The minimum atomic E-state index is -0.439. The van der Waals surface area contributed by atoms with E-state index in [-0.39, 0.29) is 11.9 Å². The van der Waals surface area contributed by atoms with Crippen LogP contribution in [0.2, 0.25) is 5.02 Å². The number of pyridine rings is 1. The number of nitrogens with zero attached hydrogens (tertiary/aromatic N) is 2. The number of anilines is 1. The summed E-state index contributed by atoms with van der Waals surface area (Å²) in [6, 6.07) is 11.6. The zero-order chi connectivity index (χ0) is 21.0. The molecule has 2 aromatic rings. The highest BCUT2D eigenvalue weighted by molar-refractivity contribution is 6.30. The zero-order valence-electron chi connectivity index (χ0n) is 17.3. The first-order chi connectivity index (χ1) is 14.6. The molecule has 1 aliphatic heterocycles. The minimum absolute atomic E-state index is 0.00984. The largest absolute Gasteiger partial charge is 0.372 e. The normalized spacial score (nSPS) is 18.5. The van der Waals surface area contributed by atoms with Crippen LogP contribution < -0.4 is 5.32 Å². The van der Waals surface area contributed by atoms with Crippen molar-refractivity contribution in [2.24, 2.45) is 0 Å². The van der Waals surface area contributed by atoms with Crippen molar-refractivity contribution in [1.29, 1.82) is 0 Å². The highest BCUT2D eigenvalue weighted by Crippen LogP contribution is 2.38. The van der Waals surface area contributed by atoms with Crippen LogP contribution in [-0.2, 0) is 15.9 Å². The van der Waals surface area contributed by atoms with Crippen LogP contribution in [0.25, 0.3) is 0 Å². The van der Waals surface area contributed by atoms with Crippen molar-refractivity contribution >= 4 is 23.3 Å². The number of amides is 1. The Morgan fingerprint density at radius 2 is 1.90 bits per heavy atom. The maximum Gasteiger partial charge on any atom is 0.257 e. The molecule has 0 bridgehead atoms. The van der Waals surface area contributed by atoms with E-state index in [9.17, 15) is 4.79 Å². The third-order valence-corrected chi connectivity index (χ3v) is 6.31. The number of hydrogen-bond acceptors (Lipinski definition) is 5. The Bertz CT molecular complexity index is 858. The molecule has 1 aliphatic carbocycles. The summed E-state index contributed by atoms with van der Waals surface area (Å²) in [7, 11) is 1.79. The van der Waals surface area contributed by atoms with Gasteiger partial charge in [0.25, 0.3) is 5.91 Å². The molecule has 0 atom stereocenters. The van der Waals surface area contributed by atoms with Crippen molar-refractivity contribution in [1.82, 2.24) is 9.88 Å². The molecule has 4 rings (SSSR count). The smallest absolute Gasteiger partial charge is 0.257 e. The number of hydrogen-bond donors (Lipinski definition) is 1. The van der Waals surface area contributed by atoms with Gasteiger partial charge in [-0.3, -0.25) is 4.79 Å². The van der Waals surface area contributed by atoms with Gasteiger partial charge in [0.15, 0.2) is 5.79 Å². The van der Waals surface area contributed by atoms with Gasteiger partial charge in [0, 0.05) is 43.7 Å². The summed E-state index contributed by atoms with van der Waals surface area (Å²) in [6.07, 6.45) is 5.82. The molecule has 30 heavy (non-hydrogen) atoms. The lowest BCUT2D eigenvalue weighted by Crippen LogP contribution is -2.47. The van der Waals surface area contributed by atoms with E-state index in [2.05, 4.69) is 10.3 Å². The lowest BCUT2D eigenvalue weighted by Gasteiger charge is -2.40. The molecule has 7 heteroatoms. The highest BCUT2D eigenvalue weighted by atomic mass is 35.5. The maximum absolute atomic E-state index is 13.6. The van der Waals surface area contributed by atoms with Crippen LogP contribution in [0.1, 0.15) is 41.6 Å². The highest BCUT2D eigenvalue weighted by Gasteiger charge is 2.42. The Morgan fingerprint density at radius 1 is 1.20 bits per heavy atom. The van der Waals surface area contributed by atoms with Crippen LogP contribution in [0.15, 0.2) is 42.6 Å². The van der Waals surface area contributed by atoms with E-state index in [4.69, 9.17) is 21.1 Å². The SMILES string of the molecule is CNc1ncccc1C(=O)N(CCc1ccc(Cl)cc1)C1CCC2(CC1)OCCO2. The predicted octanol–water partition coefficient (Wildman–Crippen LogP) is 4.15. The Labute approximate surface area is 182 Å². The van der Waals surface area contributed by atoms with E-state index in [0.717, 1.165) is 42.7 Å². The summed E-state index contributed by atoms with van der Waals surface area (Å²) in [6.45, 7) is 1.95.